The fourth-order valence-electron chi connectivity index (χ4n) is 2.73. The van der Waals surface area contributed by atoms with Crippen molar-refractivity contribution in [3.05, 3.63) is 23.4 Å². The average molecular weight is 291 g/mol. The first-order chi connectivity index (χ1) is 10.2. The SMILES string of the molecule is CCCc1cc(CNC)cc(N(CC)CC(CC)CC)n1. The lowest BCUT2D eigenvalue weighted by atomic mass is 10.0. The molecule has 1 N–H and O–H groups in total. The number of anilines is 1. The van der Waals surface area contributed by atoms with Crippen molar-refractivity contribution in [1.82, 2.24) is 10.3 Å². The molecule has 1 aromatic heterocycles. The Hall–Kier alpha value is -1.09. The number of aromatic nitrogens is 1. The Kier molecular flexibility index (Phi) is 8.36. The van der Waals surface area contributed by atoms with Gasteiger partial charge < -0.3 is 10.2 Å². The van der Waals surface area contributed by atoms with Gasteiger partial charge in [0.25, 0.3) is 0 Å². The summed E-state index contributed by atoms with van der Waals surface area (Å²) in [6.45, 7) is 12.1. The molecular formula is C18H33N3. The first kappa shape index (κ1) is 18.0. The summed E-state index contributed by atoms with van der Waals surface area (Å²) in [6.07, 6.45) is 4.69. The average Bonchev–Trinajstić information content (AvgIpc) is 2.49. The van der Waals surface area contributed by atoms with Crippen LogP contribution in [0.15, 0.2) is 12.1 Å². The Morgan fingerprint density at radius 1 is 1.14 bits per heavy atom. The van der Waals surface area contributed by atoms with Crippen molar-refractivity contribution in [3.63, 3.8) is 0 Å². The molecule has 0 amide bonds. The van der Waals surface area contributed by atoms with Gasteiger partial charge in [-0.2, -0.15) is 0 Å². The molecule has 0 aliphatic rings. The minimum Gasteiger partial charge on any atom is -0.357 e. The van der Waals surface area contributed by atoms with Gasteiger partial charge in [-0.15, -0.1) is 0 Å². The molecule has 0 bridgehead atoms. The highest BCUT2D eigenvalue weighted by Gasteiger charge is 2.13. The third-order valence-corrected chi connectivity index (χ3v) is 4.15. The Balaban J connectivity index is 2.99. The van der Waals surface area contributed by atoms with Crippen LogP contribution in [0.3, 0.4) is 0 Å². The highest BCUT2D eigenvalue weighted by atomic mass is 15.2. The van der Waals surface area contributed by atoms with Gasteiger partial charge in [0, 0.05) is 25.3 Å². The normalized spacial score (nSPS) is 11.1. The molecule has 1 aromatic rings. The van der Waals surface area contributed by atoms with Crippen LogP contribution in [0.2, 0.25) is 0 Å². The maximum Gasteiger partial charge on any atom is 0.129 e. The summed E-state index contributed by atoms with van der Waals surface area (Å²) < 4.78 is 0. The fraction of sp³-hybridized carbons (Fsp3) is 0.722. The maximum atomic E-state index is 4.90. The van der Waals surface area contributed by atoms with E-state index in [-0.39, 0.29) is 0 Å². The molecule has 1 rings (SSSR count). The smallest absolute Gasteiger partial charge is 0.129 e. The van der Waals surface area contributed by atoms with Crippen LogP contribution in [-0.2, 0) is 13.0 Å². The van der Waals surface area contributed by atoms with Crippen LogP contribution in [0, 0.1) is 5.92 Å². The van der Waals surface area contributed by atoms with Gasteiger partial charge in [0.15, 0.2) is 0 Å². The lowest BCUT2D eigenvalue weighted by Gasteiger charge is -2.27. The molecule has 0 fully saturated rings. The molecule has 0 atom stereocenters. The van der Waals surface area contributed by atoms with Gasteiger partial charge in [-0.25, -0.2) is 4.98 Å². The Morgan fingerprint density at radius 2 is 1.86 bits per heavy atom. The standard InChI is InChI=1S/C18H33N3/c1-6-10-17-11-16(13-19-5)12-18(20-17)21(9-4)14-15(7-2)8-3/h11-12,15,19H,6-10,13-14H2,1-5H3. The third kappa shape index (κ3) is 5.66. The summed E-state index contributed by atoms with van der Waals surface area (Å²) in [7, 11) is 2.00. The summed E-state index contributed by atoms with van der Waals surface area (Å²) in [5, 5.41) is 3.25. The van der Waals surface area contributed by atoms with Gasteiger partial charge in [0.1, 0.15) is 5.82 Å². The maximum absolute atomic E-state index is 4.90. The molecule has 0 unspecified atom stereocenters. The zero-order chi connectivity index (χ0) is 15.7. The molecule has 0 aliphatic carbocycles. The van der Waals surface area contributed by atoms with E-state index in [2.05, 4.69) is 50.0 Å². The van der Waals surface area contributed by atoms with Gasteiger partial charge >= 0.3 is 0 Å². The molecule has 0 saturated heterocycles. The molecule has 3 nitrogen and oxygen atoms in total. The summed E-state index contributed by atoms with van der Waals surface area (Å²) >= 11 is 0. The van der Waals surface area contributed by atoms with Crippen molar-refractivity contribution < 1.29 is 0 Å². The number of nitrogens with zero attached hydrogens (tertiary/aromatic N) is 2. The highest BCUT2D eigenvalue weighted by molar-refractivity contribution is 5.43. The summed E-state index contributed by atoms with van der Waals surface area (Å²) in [5.41, 5.74) is 2.57. The molecule has 0 radical (unpaired) electrons. The zero-order valence-corrected chi connectivity index (χ0v) is 14.6. The van der Waals surface area contributed by atoms with Crippen molar-refractivity contribution in [3.8, 4) is 0 Å². The second-order valence-corrected chi connectivity index (χ2v) is 5.83. The van der Waals surface area contributed by atoms with E-state index in [9.17, 15) is 0 Å². The van der Waals surface area contributed by atoms with Crippen LogP contribution in [0.25, 0.3) is 0 Å². The van der Waals surface area contributed by atoms with Crippen molar-refractivity contribution in [2.24, 2.45) is 5.92 Å². The number of nitrogens with one attached hydrogen (secondary N) is 1. The van der Waals surface area contributed by atoms with E-state index in [1.54, 1.807) is 0 Å². The van der Waals surface area contributed by atoms with Gasteiger partial charge in [-0.3, -0.25) is 0 Å². The Labute approximate surface area is 131 Å². The van der Waals surface area contributed by atoms with Crippen LogP contribution in [0.4, 0.5) is 5.82 Å². The summed E-state index contributed by atoms with van der Waals surface area (Å²) in [5.74, 6) is 1.91. The molecule has 21 heavy (non-hydrogen) atoms. The molecule has 1 heterocycles. The lowest BCUT2D eigenvalue weighted by molar-refractivity contribution is 0.484. The molecule has 0 spiro atoms. The topological polar surface area (TPSA) is 28.2 Å². The van der Waals surface area contributed by atoms with Gasteiger partial charge in [0.2, 0.25) is 0 Å². The molecule has 0 aromatic carbocycles. The second kappa shape index (κ2) is 9.78. The van der Waals surface area contributed by atoms with Gasteiger partial charge in [-0.1, -0.05) is 40.0 Å². The van der Waals surface area contributed by atoms with Crippen molar-refractivity contribution in [2.75, 3.05) is 25.0 Å². The predicted molar refractivity (Wildman–Crippen MR) is 93.0 cm³/mol. The largest absolute Gasteiger partial charge is 0.357 e. The van der Waals surface area contributed by atoms with Crippen LogP contribution in [0.1, 0.15) is 58.2 Å². The summed E-state index contributed by atoms with van der Waals surface area (Å²) in [4.78, 5) is 7.34. The van der Waals surface area contributed by atoms with Gasteiger partial charge in [-0.05, 0) is 44.0 Å². The number of hydrogen-bond acceptors (Lipinski definition) is 3. The number of rotatable bonds is 10. The minimum atomic E-state index is 0.759. The Bertz CT molecular complexity index is 375. The molecule has 0 saturated carbocycles. The lowest BCUT2D eigenvalue weighted by Crippen LogP contribution is -2.30. The van der Waals surface area contributed by atoms with E-state index >= 15 is 0 Å². The van der Waals surface area contributed by atoms with E-state index in [0.29, 0.717) is 0 Å². The molecule has 0 aliphatic heterocycles. The second-order valence-electron chi connectivity index (χ2n) is 5.83. The highest BCUT2D eigenvalue weighted by Crippen LogP contribution is 2.19. The Morgan fingerprint density at radius 3 is 2.38 bits per heavy atom. The predicted octanol–water partition coefficient (Wildman–Crippen LogP) is 4.02. The van der Waals surface area contributed by atoms with Crippen LogP contribution in [-0.4, -0.2) is 25.1 Å². The first-order valence-electron chi connectivity index (χ1n) is 8.57. The van der Waals surface area contributed by atoms with E-state index < -0.39 is 0 Å². The fourth-order valence-corrected chi connectivity index (χ4v) is 2.73. The molecule has 3 heteroatoms. The van der Waals surface area contributed by atoms with Crippen molar-refractivity contribution in [2.45, 2.75) is 59.9 Å². The zero-order valence-electron chi connectivity index (χ0n) is 14.6. The molecule has 120 valence electrons. The number of aryl methyl sites for hydroxylation is 1. The van der Waals surface area contributed by atoms with Crippen LogP contribution in [0.5, 0.6) is 0 Å². The quantitative estimate of drug-likeness (QED) is 0.706. The van der Waals surface area contributed by atoms with E-state index in [1.807, 2.05) is 7.05 Å². The van der Waals surface area contributed by atoms with E-state index in [4.69, 9.17) is 4.98 Å². The monoisotopic (exact) mass is 291 g/mol. The minimum absolute atomic E-state index is 0.759. The van der Waals surface area contributed by atoms with Crippen LogP contribution < -0.4 is 10.2 Å². The van der Waals surface area contributed by atoms with E-state index in [1.165, 1.54) is 24.1 Å². The molecular weight excluding hydrogens is 258 g/mol. The third-order valence-electron chi connectivity index (χ3n) is 4.15. The van der Waals surface area contributed by atoms with Crippen molar-refractivity contribution in [1.29, 1.82) is 0 Å². The van der Waals surface area contributed by atoms with Gasteiger partial charge in [0.05, 0.1) is 0 Å². The van der Waals surface area contributed by atoms with Crippen LogP contribution >= 0.6 is 0 Å². The van der Waals surface area contributed by atoms with E-state index in [0.717, 1.165) is 44.2 Å². The number of hydrogen-bond donors (Lipinski definition) is 1. The summed E-state index contributed by atoms with van der Waals surface area (Å²) in [6, 6.07) is 4.50. The first-order valence-corrected chi connectivity index (χ1v) is 8.57. The van der Waals surface area contributed by atoms with Crippen molar-refractivity contribution >= 4 is 5.82 Å². The number of pyridine rings is 1.